The van der Waals surface area contributed by atoms with Gasteiger partial charge in [-0.2, -0.15) is 0 Å². The zero-order chi connectivity index (χ0) is 10.8. The smallest absolute Gasteiger partial charge is 0.223 e. The number of nitrogens with one attached hydrogen (secondary N) is 1. The fourth-order valence-electron chi connectivity index (χ4n) is 1.21. The molecule has 14 heavy (non-hydrogen) atoms. The van der Waals surface area contributed by atoms with E-state index in [0.29, 0.717) is 11.5 Å². The van der Waals surface area contributed by atoms with Crippen LogP contribution in [0.5, 0.6) is 0 Å². The van der Waals surface area contributed by atoms with Gasteiger partial charge in [-0.05, 0) is 12.8 Å². The molecule has 0 aromatic heterocycles. The highest BCUT2D eigenvalue weighted by molar-refractivity contribution is 7.80. The largest absolute Gasteiger partial charge is 0.393 e. The Morgan fingerprint density at radius 1 is 1.57 bits per heavy atom. The van der Waals surface area contributed by atoms with Crippen LogP contribution in [0.3, 0.4) is 0 Å². The van der Waals surface area contributed by atoms with Gasteiger partial charge in [0.15, 0.2) is 0 Å². The number of rotatable bonds is 4. The second-order valence-corrected chi connectivity index (χ2v) is 5.03. The Bertz CT molecular complexity index is 247. The van der Waals surface area contributed by atoms with Crippen molar-refractivity contribution in [3.05, 3.63) is 0 Å². The van der Waals surface area contributed by atoms with E-state index in [4.69, 9.17) is 18.0 Å². The van der Waals surface area contributed by atoms with Crippen molar-refractivity contribution in [1.29, 1.82) is 0 Å². The van der Waals surface area contributed by atoms with E-state index >= 15 is 0 Å². The van der Waals surface area contributed by atoms with Crippen molar-refractivity contribution in [2.24, 2.45) is 17.1 Å². The van der Waals surface area contributed by atoms with Crippen LogP contribution in [0, 0.1) is 11.3 Å². The maximum atomic E-state index is 11.5. The lowest BCUT2D eigenvalue weighted by atomic mass is 9.84. The van der Waals surface area contributed by atoms with Gasteiger partial charge in [0.2, 0.25) is 5.91 Å². The van der Waals surface area contributed by atoms with Crippen LogP contribution in [0.1, 0.15) is 33.1 Å². The van der Waals surface area contributed by atoms with Crippen molar-refractivity contribution < 1.29 is 4.79 Å². The summed E-state index contributed by atoms with van der Waals surface area (Å²) in [5, 5.41) is 2.90. The predicted octanol–water partition coefficient (Wildman–Crippen LogP) is 1.22. The lowest BCUT2D eigenvalue weighted by Crippen LogP contribution is -2.44. The molecule has 0 aliphatic heterocycles. The van der Waals surface area contributed by atoms with E-state index in [0.717, 1.165) is 12.8 Å². The Hall–Kier alpha value is -0.640. The van der Waals surface area contributed by atoms with Gasteiger partial charge in [-0.25, -0.2) is 0 Å². The molecule has 0 aromatic rings. The first-order valence-corrected chi connectivity index (χ1v) is 5.42. The molecule has 0 heterocycles. The summed E-state index contributed by atoms with van der Waals surface area (Å²) < 4.78 is 0. The molecular formula is C10H18N2OS. The summed E-state index contributed by atoms with van der Waals surface area (Å²) in [6, 6.07) is 0. The molecule has 0 saturated heterocycles. The van der Waals surface area contributed by atoms with E-state index in [9.17, 15) is 4.79 Å². The summed E-state index contributed by atoms with van der Waals surface area (Å²) in [5.74, 6) is 0.387. The van der Waals surface area contributed by atoms with Gasteiger partial charge in [0, 0.05) is 17.9 Å². The number of nitrogens with two attached hydrogens (primary N) is 1. The molecule has 3 nitrogen and oxygen atoms in total. The second kappa shape index (κ2) is 4.26. The zero-order valence-electron chi connectivity index (χ0n) is 8.80. The number of carbonyl (C=O) groups is 1. The third-order valence-electron chi connectivity index (χ3n) is 2.85. The minimum Gasteiger partial charge on any atom is -0.393 e. The highest BCUT2D eigenvalue weighted by atomic mass is 32.1. The van der Waals surface area contributed by atoms with Gasteiger partial charge in [0.25, 0.3) is 0 Å². The maximum absolute atomic E-state index is 11.5. The van der Waals surface area contributed by atoms with Crippen LogP contribution in [0.25, 0.3) is 0 Å². The molecule has 0 aromatic carbocycles. The fourth-order valence-corrected chi connectivity index (χ4v) is 1.28. The molecule has 4 heteroatoms. The van der Waals surface area contributed by atoms with Crippen LogP contribution < -0.4 is 11.1 Å². The SMILES string of the molecule is CC(C)(CNC(=O)C1CCC1)C(N)=S. The first kappa shape index (κ1) is 11.4. The van der Waals surface area contributed by atoms with Crippen LogP contribution in [0.2, 0.25) is 0 Å². The van der Waals surface area contributed by atoms with Crippen molar-refractivity contribution in [3.8, 4) is 0 Å². The number of amides is 1. The van der Waals surface area contributed by atoms with Gasteiger partial charge in [-0.15, -0.1) is 0 Å². The molecule has 1 rings (SSSR count). The first-order valence-electron chi connectivity index (χ1n) is 5.01. The maximum Gasteiger partial charge on any atom is 0.223 e. The lowest BCUT2D eigenvalue weighted by Gasteiger charge is -2.28. The van der Waals surface area contributed by atoms with Crippen LogP contribution >= 0.6 is 12.2 Å². The van der Waals surface area contributed by atoms with Crippen LogP contribution in [0.4, 0.5) is 0 Å². The average Bonchev–Trinajstić information content (AvgIpc) is 1.97. The number of carbonyl (C=O) groups excluding carboxylic acids is 1. The van der Waals surface area contributed by atoms with Crippen molar-refractivity contribution in [3.63, 3.8) is 0 Å². The van der Waals surface area contributed by atoms with Gasteiger partial charge in [0.05, 0.1) is 4.99 Å². The predicted molar refractivity (Wildman–Crippen MR) is 60.9 cm³/mol. The van der Waals surface area contributed by atoms with Crippen molar-refractivity contribution >= 4 is 23.1 Å². The Labute approximate surface area is 90.4 Å². The Balaban J connectivity index is 2.32. The Morgan fingerprint density at radius 2 is 2.14 bits per heavy atom. The molecule has 0 bridgehead atoms. The Morgan fingerprint density at radius 3 is 2.50 bits per heavy atom. The number of thiocarbonyl (C=S) groups is 1. The van der Waals surface area contributed by atoms with Crippen LogP contribution in [-0.2, 0) is 4.79 Å². The quantitative estimate of drug-likeness (QED) is 0.692. The number of hydrogen-bond acceptors (Lipinski definition) is 2. The average molecular weight is 214 g/mol. The van der Waals surface area contributed by atoms with Crippen LogP contribution in [-0.4, -0.2) is 17.4 Å². The standard InChI is InChI=1S/C10H18N2OS/c1-10(2,9(11)14)6-12-8(13)7-4-3-5-7/h7H,3-6H2,1-2H3,(H2,11,14)(H,12,13). The van der Waals surface area contributed by atoms with Gasteiger partial charge in [-0.1, -0.05) is 32.5 Å². The Kier molecular flexibility index (Phi) is 3.48. The van der Waals surface area contributed by atoms with E-state index < -0.39 is 0 Å². The minimum absolute atomic E-state index is 0.153. The zero-order valence-corrected chi connectivity index (χ0v) is 9.62. The highest BCUT2D eigenvalue weighted by Crippen LogP contribution is 2.26. The summed E-state index contributed by atoms with van der Waals surface area (Å²) >= 11 is 4.92. The summed E-state index contributed by atoms with van der Waals surface area (Å²) in [4.78, 5) is 11.9. The summed E-state index contributed by atoms with van der Waals surface area (Å²) in [6.07, 6.45) is 3.23. The molecule has 1 aliphatic rings. The van der Waals surface area contributed by atoms with E-state index in [1.165, 1.54) is 6.42 Å². The third-order valence-corrected chi connectivity index (χ3v) is 3.40. The fraction of sp³-hybridized carbons (Fsp3) is 0.800. The second-order valence-electron chi connectivity index (χ2n) is 4.59. The van der Waals surface area contributed by atoms with Gasteiger partial charge in [0.1, 0.15) is 0 Å². The van der Waals surface area contributed by atoms with Crippen LogP contribution in [0.15, 0.2) is 0 Å². The molecule has 0 spiro atoms. The monoisotopic (exact) mass is 214 g/mol. The lowest BCUT2D eigenvalue weighted by molar-refractivity contribution is -0.127. The molecule has 1 fully saturated rings. The third kappa shape index (κ3) is 2.67. The topological polar surface area (TPSA) is 55.1 Å². The van der Waals surface area contributed by atoms with Crippen molar-refractivity contribution in [2.75, 3.05) is 6.54 Å². The molecule has 0 atom stereocenters. The molecule has 1 aliphatic carbocycles. The number of hydrogen-bond donors (Lipinski definition) is 2. The molecule has 3 N–H and O–H groups in total. The van der Waals surface area contributed by atoms with Crippen molar-refractivity contribution in [1.82, 2.24) is 5.32 Å². The molecular weight excluding hydrogens is 196 g/mol. The van der Waals surface area contributed by atoms with E-state index in [1.807, 2.05) is 13.8 Å². The molecule has 0 radical (unpaired) electrons. The van der Waals surface area contributed by atoms with E-state index in [1.54, 1.807) is 0 Å². The molecule has 1 saturated carbocycles. The first-order chi connectivity index (χ1) is 6.43. The van der Waals surface area contributed by atoms with Crippen molar-refractivity contribution in [2.45, 2.75) is 33.1 Å². The summed E-state index contributed by atoms with van der Waals surface area (Å²) in [5.41, 5.74) is 5.28. The molecule has 80 valence electrons. The summed E-state index contributed by atoms with van der Waals surface area (Å²) in [6.45, 7) is 4.42. The normalized spacial score (nSPS) is 17.3. The van der Waals surface area contributed by atoms with Gasteiger partial charge in [-0.3, -0.25) is 4.79 Å². The highest BCUT2D eigenvalue weighted by Gasteiger charge is 2.28. The summed E-state index contributed by atoms with van der Waals surface area (Å²) in [7, 11) is 0. The van der Waals surface area contributed by atoms with E-state index in [2.05, 4.69) is 5.32 Å². The van der Waals surface area contributed by atoms with E-state index in [-0.39, 0.29) is 17.2 Å². The minimum atomic E-state index is -0.283. The van der Waals surface area contributed by atoms with Gasteiger partial charge < -0.3 is 11.1 Å². The molecule has 0 unspecified atom stereocenters. The van der Waals surface area contributed by atoms with Gasteiger partial charge >= 0.3 is 0 Å². The molecule has 1 amide bonds.